The molecule has 2 fully saturated rings. The fraction of sp³-hybridized carbons (Fsp3) is 0.500. The molecule has 0 bridgehead atoms. The highest BCUT2D eigenvalue weighted by atomic mass is 16.5. The van der Waals surface area contributed by atoms with Gasteiger partial charge in [0.1, 0.15) is 11.6 Å². The second-order valence-corrected chi connectivity index (χ2v) is 7.00. The van der Waals surface area contributed by atoms with Crippen LogP contribution in [0.3, 0.4) is 0 Å². The van der Waals surface area contributed by atoms with Gasteiger partial charge >= 0.3 is 0 Å². The molecule has 0 aliphatic carbocycles. The molecule has 3 aromatic heterocycles. The first kappa shape index (κ1) is 17.1. The molecule has 0 amide bonds. The topological polar surface area (TPSA) is 87.8 Å². The number of hydrogen-bond donors (Lipinski definition) is 0. The molecule has 0 saturated carbocycles. The molecule has 2 saturated heterocycles. The Morgan fingerprint density at radius 2 is 1.57 bits per heavy atom. The minimum Gasteiger partial charge on any atom is -0.378 e. The number of anilines is 3. The molecule has 2 aliphatic heterocycles. The zero-order valence-electron chi connectivity index (χ0n) is 15.9. The van der Waals surface area contributed by atoms with E-state index in [-0.39, 0.29) is 0 Å². The number of hydrogen-bond acceptors (Lipinski definition) is 9. The van der Waals surface area contributed by atoms with Crippen LogP contribution in [0, 0.1) is 6.92 Å². The van der Waals surface area contributed by atoms with Gasteiger partial charge in [-0.3, -0.25) is 0 Å². The molecule has 0 aromatic carbocycles. The highest BCUT2D eigenvalue weighted by Crippen LogP contribution is 2.20. The summed E-state index contributed by atoms with van der Waals surface area (Å²) in [6, 6.07) is 5.97. The van der Waals surface area contributed by atoms with Crippen LogP contribution in [-0.4, -0.2) is 82.3 Å². The Bertz CT molecular complexity index is 961. The van der Waals surface area contributed by atoms with E-state index in [0.717, 1.165) is 81.5 Å². The number of aromatic nitrogens is 6. The van der Waals surface area contributed by atoms with E-state index in [1.54, 1.807) is 4.52 Å². The molecule has 3 aromatic rings. The van der Waals surface area contributed by atoms with Gasteiger partial charge in [-0.05, 0) is 25.1 Å². The molecule has 0 atom stereocenters. The average Bonchev–Trinajstić information content (AvgIpc) is 3.15. The molecule has 146 valence electrons. The maximum Gasteiger partial charge on any atom is 0.227 e. The van der Waals surface area contributed by atoms with E-state index in [0.29, 0.717) is 0 Å². The standard InChI is InChI=1S/C18H23N9O/c1-14-21-22-16-2-3-17(23-27(14)16)25-8-6-24(7-9-25)15-4-5-19-18(20-15)26-10-12-28-13-11-26/h2-5H,6-13H2,1H3. The van der Waals surface area contributed by atoms with Gasteiger partial charge in [-0.15, -0.1) is 15.3 Å². The fourth-order valence-electron chi connectivity index (χ4n) is 3.65. The third kappa shape index (κ3) is 3.19. The summed E-state index contributed by atoms with van der Waals surface area (Å²) in [5, 5.41) is 12.9. The summed E-state index contributed by atoms with van der Waals surface area (Å²) in [4.78, 5) is 16.0. The van der Waals surface area contributed by atoms with Gasteiger partial charge in [0.05, 0.1) is 13.2 Å². The number of fused-ring (bicyclic) bond motifs is 1. The number of ether oxygens (including phenoxy) is 1. The first-order valence-electron chi connectivity index (χ1n) is 9.63. The van der Waals surface area contributed by atoms with Crippen LogP contribution in [0.5, 0.6) is 0 Å². The van der Waals surface area contributed by atoms with Crippen LogP contribution in [0.15, 0.2) is 24.4 Å². The van der Waals surface area contributed by atoms with E-state index in [9.17, 15) is 0 Å². The fourth-order valence-corrected chi connectivity index (χ4v) is 3.65. The molecular weight excluding hydrogens is 358 g/mol. The summed E-state index contributed by atoms with van der Waals surface area (Å²) in [7, 11) is 0. The van der Waals surface area contributed by atoms with Gasteiger partial charge < -0.3 is 19.4 Å². The second-order valence-electron chi connectivity index (χ2n) is 7.00. The molecule has 0 N–H and O–H groups in total. The second kappa shape index (κ2) is 7.19. The Morgan fingerprint density at radius 3 is 2.36 bits per heavy atom. The van der Waals surface area contributed by atoms with Gasteiger partial charge in [-0.25, -0.2) is 4.98 Å². The maximum absolute atomic E-state index is 5.42. The molecule has 0 radical (unpaired) electrons. The Labute approximate surface area is 162 Å². The van der Waals surface area contributed by atoms with Crippen LogP contribution < -0.4 is 14.7 Å². The van der Waals surface area contributed by atoms with Crippen molar-refractivity contribution in [1.82, 2.24) is 29.8 Å². The predicted molar refractivity (Wildman–Crippen MR) is 105 cm³/mol. The lowest BCUT2D eigenvalue weighted by atomic mass is 10.3. The number of morpholine rings is 1. The third-order valence-electron chi connectivity index (χ3n) is 5.25. The first-order valence-corrected chi connectivity index (χ1v) is 9.63. The summed E-state index contributed by atoms with van der Waals surface area (Å²) in [5.41, 5.74) is 0.775. The van der Waals surface area contributed by atoms with E-state index in [4.69, 9.17) is 9.72 Å². The van der Waals surface area contributed by atoms with Crippen LogP contribution in [0.2, 0.25) is 0 Å². The van der Waals surface area contributed by atoms with Crippen LogP contribution in [-0.2, 0) is 4.74 Å². The maximum atomic E-state index is 5.42. The van der Waals surface area contributed by atoms with Crippen molar-refractivity contribution < 1.29 is 4.74 Å². The molecule has 10 heteroatoms. The smallest absolute Gasteiger partial charge is 0.227 e. The zero-order chi connectivity index (χ0) is 18.9. The third-order valence-corrected chi connectivity index (χ3v) is 5.25. The number of piperazine rings is 1. The van der Waals surface area contributed by atoms with Crippen molar-refractivity contribution in [3.05, 3.63) is 30.2 Å². The van der Waals surface area contributed by atoms with Gasteiger partial charge in [0, 0.05) is 45.5 Å². The predicted octanol–water partition coefficient (Wildman–Crippen LogP) is 0.386. The molecule has 0 spiro atoms. The lowest BCUT2D eigenvalue weighted by molar-refractivity contribution is 0.122. The first-order chi connectivity index (χ1) is 13.8. The Morgan fingerprint density at radius 1 is 0.821 bits per heavy atom. The molecule has 2 aliphatic rings. The van der Waals surface area contributed by atoms with Crippen LogP contribution in [0.25, 0.3) is 5.65 Å². The van der Waals surface area contributed by atoms with Gasteiger partial charge in [0.25, 0.3) is 0 Å². The summed E-state index contributed by atoms with van der Waals surface area (Å²) in [6.45, 7) is 8.61. The monoisotopic (exact) mass is 381 g/mol. The van der Waals surface area contributed by atoms with Crippen molar-refractivity contribution in [2.45, 2.75) is 6.92 Å². The lowest BCUT2D eigenvalue weighted by Crippen LogP contribution is -2.47. The summed E-state index contributed by atoms with van der Waals surface area (Å²) < 4.78 is 7.21. The number of nitrogens with zero attached hydrogens (tertiary/aromatic N) is 9. The van der Waals surface area contributed by atoms with Crippen molar-refractivity contribution in [2.24, 2.45) is 0 Å². The van der Waals surface area contributed by atoms with Crippen LogP contribution in [0.1, 0.15) is 5.82 Å². The molecule has 0 unspecified atom stereocenters. The van der Waals surface area contributed by atoms with Crippen LogP contribution >= 0.6 is 0 Å². The van der Waals surface area contributed by atoms with Gasteiger partial charge in [-0.1, -0.05) is 0 Å². The minimum atomic E-state index is 0.732. The highest BCUT2D eigenvalue weighted by molar-refractivity contribution is 5.49. The average molecular weight is 381 g/mol. The van der Waals surface area contributed by atoms with Crippen molar-refractivity contribution in [3.63, 3.8) is 0 Å². The summed E-state index contributed by atoms with van der Waals surface area (Å²) in [6.07, 6.45) is 1.85. The molecular formula is C18H23N9O. The van der Waals surface area contributed by atoms with E-state index >= 15 is 0 Å². The number of aryl methyl sites for hydroxylation is 1. The van der Waals surface area contributed by atoms with Gasteiger partial charge in [0.15, 0.2) is 11.5 Å². The van der Waals surface area contributed by atoms with Crippen molar-refractivity contribution in [1.29, 1.82) is 0 Å². The Kier molecular flexibility index (Phi) is 4.40. The largest absolute Gasteiger partial charge is 0.378 e. The summed E-state index contributed by atoms with van der Waals surface area (Å²) >= 11 is 0. The zero-order valence-corrected chi connectivity index (χ0v) is 15.9. The highest BCUT2D eigenvalue weighted by Gasteiger charge is 2.21. The van der Waals surface area contributed by atoms with Gasteiger partial charge in [-0.2, -0.15) is 9.50 Å². The normalized spacial score (nSPS) is 18.1. The van der Waals surface area contributed by atoms with E-state index in [1.165, 1.54) is 0 Å². The Balaban J connectivity index is 1.28. The quantitative estimate of drug-likeness (QED) is 0.639. The molecule has 5 heterocycles. The summed E-state index contributed by atoms with van der Waals surface area (Å²) in [5.74, 6) is 3.52. The van der Waals surface area contributed by atoms with E-state index in [1.807, 2.05) is 31.3 Å². The van der Waals surface area contributed by atoms with E-state index in [2.05, 4.69) is 35.0 Å². The molecule has 5 rings (SSSR count). The SMILES string of the molecule is Cc1nnc2ccc(N3CCN(c4ccnc(N5CCOCC5)n4)CC3)nn12. The van der Waals surface area contributed by atoms with Crippen LogP contribution in [0.4, 0.5) is 17.6 Å². The molecule has 28 heavy (non-hydrogen) atoms. The molecule has 10 nitrogen and oxygen atoms in total. The van der Waals surface area contributed by atoms with Gasteiger partial charge in [0.2, 0.25) is 5.95 Å². The minimum absolute atomic E-state index is 0.732. The lowest BCUT2D eigenvalue weighted by Gasteiger charge is -2.36. The Hall–Kier alpha value is -3.01. The van der Waals surface area contributed by atoms with Crippen molar-refractivity contribution in [2.75, 3.05) is 67.2 Å². The van der Waals surface area contributed by atoms with E-state index < -0.39 is 0 Å². The van der Waals surface area contributed by atoms with Crippen molar-refractivity contribution in [3.8, 4) is 0 Å². The number of rotatable bonds is 3. The van der Waals surface area contributed by atoms with Crippen molar-refractivity contribution >= 4 is 23.2 Å².